The molecule has 0 spiro atoms. The van der Waals surface area contributed by atoms with E-state index in [1.165, 1.54) is 0 Å². The average molecular weight is 382 g/mol. The number of anilines is 1. The molecule has 0 saturated carbocycles. The summed E-state index contributed by atoms with van der Waals surface area (Å²) in [6.45, 7) is 6.51. The smallest absolute Gasteiger partial charge is 0.247 e. The van der Waals surface area contributed by atoms with Crippen LogP contribution in [0, 0.1) is 5.92 Å². The van der Waals surface area contributed by atoms with Gasteiger partial charge in [0, 0.05) is 31.7 Å². The lowest BCUT2D eigenvalue weighted by atomic mass is 10.0. The van der Waals surface area contributed by atoms with Gasteiger partial charge in [-0.05, 0) is 30.5 Å². The molecule has 5 heteroatoms. The van der Waals surface area contributed by atoms with E-state index < -0.39 is 6.04 Å². The fourth-order valence-electron chi connectivity index (χ4n) is 2.94. The van der Waals surface area contributed by atoms with Crippen LogP contribution in [-0.4, -0.2) is 31.4 Å². The summed E-state index contributed by atoms with van der Waals surface area (Å²) < 4.78 is 0. The highest BCUT2D eigenvalue weighted by Gasteiger charge is 2.23. The first-order valence-electron chi connectivity index (χ1n) is 9.78. The van der Waals surface area contributed by atoms with E-state index >= 15 is 0 Å². The van der Waals surface area contributed by atoms with E-state index in [1.807, 2.05) is 81.6 Å². The Labute approximate surface area is 168 Å². The van der Waals surface area contributed by atoms with E-state index in [2.05, 4.69) is 22.5 Å². The quantitative estimate of drug-likeness (QED) is 0.698. The fraction of sp³-hybridized carbons (Fsp3) is 0.391. The molecule has 150 valence electrons. The van der Waals surface area contributed by atoms with Gasteiger partial charge in [-0.2, -0.15) is 0 Å². The van der Waals surface area contributed by atoms with Gasteiger partial charge < -0.3 is 15.5 Å². The second-order valence-electron chi connectivity index (χ2n) is 7.55. The van der Waals surface area contributed by atoms with Gasteiger partial charge in [0.1, 0.15) is 6.04 Å². The molecule has 0 heterocycles. The zero-order valence-corrected chi connectivity index (χ0v) is 17.2. The number of hydrogen-bond donors (Lipinski definition) is 2. The van der Waals surface area contributed by atoms with Crippen LogP contribution in [0.5, 0.6) is 0 Å². The zero-order chi connectivity index (χ0) is 20.5. The van der Waals surface area contributed by atoms with E-state index in [0.29, 0.717) is 13.0 Å². The van der Waals surface area contributed by atoms with Crippen molar-refractivity contribution in [2.45, 2.75) is 39.3 Å². The molecular formula is C23H31N3O2. The Kier molecular flexibility index (Phi) is 8.05. The van der Waals surface area contributed by atoms with Crippen molar-refractivity contribution in [2.24, 2.45) is 5.92 Å². The van der Waals surface area contributed by atoms with Crippen molar-refractivity contribution in [3.8, 4) is 0 Å². The number of nitrogens with one attached hydrogen (secondary N) is 2. The molecular weight excluding hydrogens is 350 g/mol. The van der Waals surface area contributed by atoms with Crippen LogP contribution in [0.4, 0.5) is 5.69 Å². The summed E-state index contributed by atoms with van der Waals surface area (Å²) in [6.07, 6.45) is 0.393. The minimum atomic E-state index is -0.693. The highest BCUT2D eigenvalue weighted by molar-refractivity contribution is 5.88. The van der Waals surface area contributed by atoms with Crippen molar-refractivity contribution >= 4 is 17.5 Å². The van der Waals surface area contributed by atoms with Crippen LogP contribution in [0.2, 0.25) is 0 Å². The van der Waals surface area contributed by atoms with E-state index in [-0.39, 0.29) is 23.8 Å². The summed E-state index contributed by atoms with van der Waals surface area (Å²) in [5.74, 6) is -0.0795. The molecule has 2 atom stereocenters. The third-order valence-electron chi connectivity index (χ3n) is 4.69. The number of carbonyl (C=O) groups is 2. The van der Waals surface area contributed by atoms with Gasteiger partial charge in [0.15, 0.2) is 0 Å². The molecule has 0 aliphatic heterocycles. The first-order chi connectivity index (χ1) is 13.4. The van der Waals surface area contributed by atoms with E-state index in [1.54, 1.807) is 0 Å². The van der Waals surface area contributed by atoms with Crippen LogP contribution < -0.4 is 15.5 Å². The van der Waals surface area contributed by atoms with E-state index in [9.17, 15) is 9.59 Å². The topological polar surface area (TPSA) is 61.4 Å². The predicted molar refractivity (Wildman–Crippen MR) is 114 cm³/mol. The summed E-state index contributed by atoms with van der Waals surface area (Å²) in [5, 5.41) is 5.88. The maximum absolute atomic E-state index is 12.9. The van der Waals surface area contributed by atoms with Gasteiger partial charge in [0.05, 0.1) is 0 Å². The van der Waals surface area contributed by atoms with Crippen molar-refractivity contribution < 1.29 is 9.59 Å². The minimum absolute atomic E-state index is 0.106. The predicted octanol–water partition coefficient (Wildman–Crippen LogP) is 3.53. The Bertz CT molecular complexity index is 747. The second kappa shape index (κ2) is 10.5. The number of amides is 2. The number of nitrogens with zero attached hydrogens (tertiary/aromatic N) is 1. The van der Waals surface area contributed by atoms with Gasteiger partial charge >= 0.3 is 0 Å². The van der Waals surface area contributed by atoms with Gasteiger partial charge in [-0.15, -0.1) is 0 Å². The van der Waals surface area contributed by atoms with Gasteiger partial charge in [-0.3, -0.25) is 9.59 Å². The average Bonchev–Trinajstić information content (AvgIpc) is 2.70. The lowest BCUT2D eigenvalue weighted by Gasteiger charge is -2.28. The molecule has 5 nitrogen and oxygen atoms in total. The standard InChI is InChI=1S/C23H31N3O2/c1-17(2)15-21(27)25-22(19-11-7-5-8-12-19)23(28)24-16-18(3)26(4)20-13-9-6-10-14-20/h5-14,17-18,22H,15-16H2,1-4H3,(H,24,28)(H,25,27). The van der Waals surface area contributed by atoms with Crippen LogP contribution in [0.25, 0.3) is 0 Å². The van der Waals surface area contributed by atoms with Gasteiger partial charge in [-0.25, -0.2) is 0 Å². The third kappa shape index (κ3) is 6.41. The molecule has 0 bridgehead atoms. The summed E-state index contributed by atoms with van der Waals surface area (Å²) in [5.41, 5.74) is 1.87. The monoisotopic (exact) mass is 381 g/mol. The molecule has 0 aliphatic rings. The third-order valence-corrected chi connectivity index (χ3v) is 4.69. The number of likely N-dealkylation sites (N-methyl/N-ethyl adjacent to an activating group) is 1. The Morgan fingerprint density at radius 2 is 1.50 bits per heavy atom. The maximum atomic E-state index is 12.9. The summed E-state index contributed by atoms with van der Waals surface area (Å²) in [4.78, 5) is 27.3. The second-order valence-corrected chi connectivity index (χ2v) is 7.55. The first kappa shape index (κ1) is 21.5. The van der Waals surface area contributed by atoms with Gasteiger partial charge in [-0.1, -0.05) is 62.4 Å². The van der Waals surface area contributed by atoms with E-state index in [0.717, 1.165) is 11.3 Å². The van der Waals surface area contributed by atoms with Crippen LogP contribution >= 0.6 is 0 Å². The minimum Gasteiger partial charge on any atom is -0.370 e. The van der Waals surface area contributed by atoms with E-state index in [4.69, 9.17) is 0 Å². The van der Waals surface area contributed by atoms with Crippen molar-refractivity contribution in [3.05, 3.63) is 66.2 Å². The van der Waals surface area contributed by atoms with Crippen molar-refractivity contribution in [3.63, 3.8) is 0 Å². The molecule has 0 radical (unpaired) electrons. The Morgan fingerprint density at radius 3 is 2.07 bits per heavy atom. The Morgan fingerprint density at radius 1 is 0.929 bits per heavy atom. The molecule has 0 saturated heterocycles. The summed E-state index contributed by atoms with van der Waals surface area (Å²) in [7, 11) is 2.01. The van der Waals surface area contributed by atoms with Gasteiger partial charge in [0.25, 0.3) is 0 Å². The van der Waals surface area contributed by atoms with Crippen molar-refractivity contribution in [1.82, 2.24) is 10.6 Å². The van der Waals surface area contributed by atoms with Crippen molar-refractivity contribution in [2.75, 3.05) is 18.5 Å². The molecule has 0 aliphatic carbocycles. The molecule has 2 rings (SSSR count). The normalized spacial score (nSPS) is 12.9. The lowest BCUT2D eigenvalue weighted by Crippen LogP contribution is -2.45. The number of hydrogen-bond acceptors (Lipinski definition) is 3. The molecule has 2 unspecified atom stereocenters. The van der Waals surface area contributed by atoms with Crippen LogP contribution in [-0.2, 0) is 9.59 Å². The summed E-state index contributed by atoms with van der Waals surface area (Å²) >= 11 is 0. The number of benzene rings is 2. The summed E-state index contributed by atoms with van der Waals surface area (Å²) in [6, 6.07) is 18.8. The molecule has 2 aromatic rings. The molecule has 2 aromatic carbocycles. The van der Waals surface area contributed by atoms with Crippen LogP contribution in [0.3, 0.4) is 0 Å². The lowest BCUT2D eigenvalue weighted by molar-refractivity contribution is -0.129. The fourth-order valence-corrected chi connectivity index (χ4v) is 2.94. The highest BCUT2D eigenvalue weighted by Crippen LogP contribution is 2.16. The van der Waals surface area contributed by atoms with Crippen molar-refractivity contribution in [1.29, 1.82) is 0 Å². The molecule has 0 fully saturated rings. The largest absolute Gasteiger partial charge is 0.370 e. The molecule has 28 heavy (non-hydrogen) atoms. The Balaban J connectivity index is 2.02. The molecule has 2 N–H and O–H groups in total. The molecule has 0 aromatic heterocycles. The SMILES string of the molecule is CC(C)CC(=O)NC(C(=O)NCC(C)N(C)c1ccccc1)c1ccccc1. The number of rotatable bonds is 9. The maximum Gasteiger partial charge on any atom is 0.247 e. The first-order valence-corrected chi connectivity index (χ1v) is 9.78. The highest BCUT2D eigenvalue weighted by atomic mass is 16.2. The van der Waals surface area contributed by atoms with Gasteiger partial charge in [0.2, 0.25) is 11.8 Å². The Hall–Kier alpha value is -2.82. The number of para-hydroxylation sites is 1. The zero-order valence-electron chi connectivity index (χ0n) is 17.2. The number of carbonyl (C=O) groups excluding carboxylic acids is 2. The molecule has 2 amide bonds. The van der Waals surface area contributed by atoms with Crippen LogP contribution in [0.15, 0.2) is 60.7 Å². The van der Waals surface area contributed by atoms with Crippen LogP contribution in [0.1, 0.15) is 38.8 Å².